The van der Waals surface area contributed by atoms with E-state index in [4.69, 9.17) is 11.6 Å². The van der Waals surface area contributed by atoms with Crippen LogP contribution < -0.4 is 0 Å². The molecule has 3 aromatic rings. The number of aromatic amines is 1. The predicted octanol–water partition coefficient (Wildman–Crippen LogP) is 5.16. The zero-order chi connectivity index (χ0) is 12.3. The van der Waals surface area contributed by atoms with Crippen molar-refractivity contribution in [2.45, 2.75) is 6.42 Å². The SMILES string of the molecule is Clc1ccc2[nH]c3c(c2c1)Cc1ccc(Br)cc1-3. The van der Waals surface area contributed by atoms with E-state index >= 15 is 0 Å². The van der Waals surface area contributed by atoms with Gasteiger partial charge >= 0.3 is 0 Å². The molecule has 1 aliphatic rings. The molecule has 0 radical (unpaired) electrons. The van der Waals surface area contributed by atoms with Gasteiger partial charge in [-0.2, -0.15) is 0 Å². The third-order valence-corrected chi connectivity index (χ3v) is 4.31. The van der Waals surface area contributed by atoms with Gasteiger partial charge in [0.25, 0.3) is 0 Å². The van der Waals surface area contributed by atoms with Gasteiger partial charge in [-0.15, -0.1) is 0 Å². The average Bonchev–Trinajstić information content (AvgIpc) is 2.86. The maximum Gasteiger partial charge on any atom is 0.0504 e. The summed E-state index contributed by atoms with van der Waals surface area (Å²) >= 11 is 9.63. The summed E-state index contributed by atoms with van der Waals surface area (Å²) in [7, 11) is 0. The largest absolute Gasteiger partial charge is 0.354 e. The molecular weight excluding hydrogens is 310 g/mol. The van der Waals surface area contributed by atoms with Crippen molar-refractivity contribution in [1.82, 2.24) is 4.98 Å². The fourth-order valence-electron chi connectivity index (χ4n) is 2.76. The van der Waals surface area contributed by atoms with E-state index < -0.39 is 0 Å². The Morgan fingerprint density at radius 2 is 2.00 bits per heavy atom. The molecule has 18 heavy (non-hydrogen) atoms. The monoisotopic (exact) mass is 317 g/mol. The van der Waals surface area contributed by atoms with Gasteiger partial charge < -0.3 is 4.98 Å². The van der Waals surface area contributed by atoms with E-state index in [1.807, 2.05) is 18.2 Å². The van der Waals surface area contributed by atoms with Crippen LogP contribution in [0.4, 0.5) is 0 Å². The van der Waals surface area contributed by atoms with Gasteiger partial charge in [0, 0.05) is 32.4 Å². The number of hydrogen-bond donors (Lipinski definition) is 1. The molecule has 88 valence electrons. The first-order chi connectivity index (χ1) is 8.72. The minimum absolute atomic E-state index is 0.793. The fourth-order valence-corrected chi connectivity index (χ4v) is 3.29. The van der Waals surface area contributed by atoms with Crippen LogP contribution in [0.15, 0.2) is 40.9 Å². The van der Waals surface area contributed by atoms with Crippen molar-refractivity contribution in [3.8, 4) is 11.3 Å². The van der Waals surface area contributed by atoms with Crippen molar-refractivity contribution in [3.63, 3.8) is 0 Å². The molecule has 0 atom stereocenters. The standard InChI is InChI=1S/C15H9BrClN/c16-9-2-1-8-5-13-12-7-10(17)3-4-14(12)18-15(13)11(8)6-9/h1-4,6-7,18H,5H2. The van der Waals surface area contributed by atoms with Crippen molar-refractivity contribution >= 4 is 38.4 Å². The first-order valence-electron chi connectivity index (χ1n) is 5.81. The van der Waals surface area contributed by atoms with E-state index in [9.17, 15) is 0 Å². The second-order valence-electron chi connectivity index (χ2n) is 4.65. The number of benzene rings is 2. The Balaban J connectivity index is 2.06. The molecule has 1 nitrogen and oxygen atoms in total. The van der Waals surface area contributed by atoms with Crippen LogP contribution in [-0.4, -0.2) is 4.98 Å². The van der Waals surface area contributed by atoms with Crippen LogP contribution in [0.5, 0.6) is 0 Å². The first kappa shape index (κ1) is 10.7. The minimum atomic E-state index is 0.793. The van der Waals surface area contributed by atoms with E-state index in [0.29, 0.717) is 0 Å². The molecule has 3 heteroatoms. The van der Waals surface area contributed by atoms with Crippen molar-refractivity contribution in [1.29, 1.82) is 0 Å². The molecule has 0 spiro atoms. The molecule has 0 saturated heterocycles. The van der Waals surface area contributed by atoms with Gasteiger partial charge in [0.15, 0.2) is 0 Å². The topological polar surface area (TPSA) is 15.8 Å². The third kappa shape index (κ3) is 1.39. The van der Waals surface area contributed by atoms with Crippen LogP contribution >= 0.6 is 27.5 Å². The molecule has 0 unspecified atom stereocenters. The van der Waals surface area contributed by atoms with Crippen LogP contribution in [-0.2, 0) is 6.42 Å². The highest BCUT2D eigenvalue weighted by molar-refractivity contribution is 9.10. The predicted molar refractivity (Wildman–Crippen MR) is 79.3 cm³/mol. The van der Waals surface area contributed by atoms with Crippen LogP contribution in [0.2, 0.25) is 5.02 Å². The Bertz CT molecular complexity index is 789. The third-order valence-electron chi connectivity index (χ3n) is 3.58. The van der Waals surface area contributed by atoms with Crippen molar-refractivity contribution in [2.24, 2.45) is 0 Å². The van der Waals surface area contributed by atoms with Gasteiger partial charge in [0.2, 0.25) is 0 Å². The number of aromatic nitrogens is 1. The number of nitrogens with one attached hydrogen (secondary N) is 1. The summed E-state index contributed by atoms with van der Waals surface area (Å²) in [5, 5.41) is 2.03. The summed E-state index contributed by atoms with van der Waals surface area (Å²) < 4.78 is 1.12. The summed E-state index contributed by atoms with van der Waals surface area (Å²) in [5.74, 6) is 0. The van der Waals surface area contributed by atoms with E-state index in [0.717, 1.165) is 21.4 Å². The van der Waals surface area contributed by atoms with Gasteiger partial charge in [0.1, 0.15) is 0 Å². The highest BCUT2D eigenvalue weighted by atomic mass is 79.9. The second kappa shape index (κ2) is 3.62. The fraction of sp³-hybridized carbons (Fsp3) is 0.0667. The van der Waals surface area contributed by atoms with Gasteiger partial charge in [-0.25, -0.2) is 0 Å². The molecule has 1 aliphatic carbocycles. The normalized spacial score (nSPS) is 12.8. The van der Waals surface area contributed by atoms with Crippen molar-refractivity contribution in [2.75, 3.05) is 0 Å². The molecule has 0 amide bonds. The van der Waals surface area contributed by atoms with Crippen molar-refractivity contribution < 1.29 is 0 Å². The quantitative estimate of drug-likeness (QED) is 0.461. The molecule has 1 N–H and O–H groups in total. The lowest BCUT2D eigenvalue weighted by Gasteiger charge is -2.00. The van der Waals surface area contributed by atoms with Gasteiger partial charge in [-0.3, -0.25) is 0 Å². The van der Waals surface area contributed by atoms with Crippen LogP contribution in [0.3, 0.4) is 0 Å². The molecule has 0 fully saturated rings. The van der Waals surface area contributed by atoms with E-state index in [-0.39, 0.29) is 0 Å². The Labute approximate surface area is 118 Å². The Hall–Kier alpha value is -1.25. The van der Waals surface area contributed by atoms with E-state index in [1.165, 1.54) is 27.8 Å². The molecule has 4 rings (SSSR count). The number of H-pyrrole nitrogens is 1. The Morgan fingerprint density at radius 3 is 2.89 bits per heavy atom. The summed E-state index contributed by atoms with van der Waals surface area (Å²) in [5.41, 5.74) is 6.44. The lowest BCUT2D eigenvalue weighted by molar-refractivity contribution is 1.28. The molecule has 0 bridgehead atoms. The zero-order valence-electron chi connectivity index (χ0n) is 9.43. The summed E-state index contributed by atoms with van der Waals surface area (Å²) in [4.78, 5) is 3.51. The average molecular weight is 319 g/mol. The van der Waals surface area contributed by atoms with E-state index in [1.54, 1.807) is 0 Å². The lowest BCUT2D eigenvalue weighted by atomic mass is 10.1. The van der Waals surface area contributed by atoms with Crippen LogP contribution in [0, 0.1) is 0 Å². The maximum absolute atomic E-state index is 6.09. The molecular formula is C15H9BrClN. The Kier molecular flexibility index (Phi) is 2.14. The maximum atomic E-state index is 6.09. The van der Waals surface area contributed by atoms with Crippen LogP contribution in [0.1, 0.15) is 11.1 Å². The van der Waals surface area contributed by atoms with Gasteiger partial charge in [-0.1, -0.05) is 33.6 Å². The van der Waals surface area contributed by atoms with Gasteiger partial charge in [-0.05, 0) is 41.5 Å². The first-order valence-corrected chi connectivity index (χ1v) is 6.98. The minimum Gasteiger partial charge on any atom is -0.354 e. The Morgan fingerprint density at radius 1 is 1.11 bits per heavy atom. The van der Waals surface area contributed by atoms with Crippen molar-refractivity contribution in [3.05, 3.63) is 57.0 Å². The highest BCUT2D eigenvalue weighted by Gasteiger charge is 2.23. The zero-order valence-corrected chi connectivity index (χ0v) is 11.8. The van der Waals surface area contributed by atoms with E-state index in [2.05, 4.69) is 39.1 Å². The number of fused-ring (bicyclic) bond motifs is 5. The van der Waals surface area contributed by atoms with Gasteiger partial charge in [0.05, 0.1) is 5.69 Å². The van der Waals surface area contributed by atoms with Crippen LogP contribution in [0.25, 0.3) is 22.2 Å². The molecule has 1 heterocycles. The highest BCUT2D eigenvalue weighted by Crippen LogP contribution is 2.41. The number of hydrogen-bond acceptors (Lipinski definition) is 0. The number of rotatable bonds is 0. The molecule has 0 saturated carbocycles. The molecule has 0 aliphatic heterocycles. The molecule has 2 aromatic carbocycles. The summed E-state index contributed by atoms with van der Waals surface area (Å²) in [6.07, 6.45) is 0.984. The molecule has 1 aromatic heterocycles. The number of halogens is 2. The smallest absolute Gasteiger partial charge is 0.0504 e. The summed E-state index contributed by atoms with van der Waals surface area (Å²) in [6.45, 7) is 0. The summed E-state index contributed by atoms with van der Waals surface area (Å²) in [6, 6.07) is 12.5. The second-order valence-corrected chi connectivity index (χ2v) is 6.00. The lowest BCUT2D eigenvalue weighted by Crippen LogP contribution is -1.82.